The smallest absolute Gasteiger partial charge is 0.410 e. The first-order valence-electron chi connectivity index (χ1n) is 9.23. The van der Waals surface area contributed by atoms with Crippen molar-refractivity contribution in [3.05, 3.63) is 42.2 Å². The zero-order chi connectivity index (χ0) is 17.9. The molecule has 2 aromatic rings. The molecule has 2 heterocycles. The normalized spacial score (nSPS) is 16.2. The standard InChI is InChI=1S/C21H28N2O2/c1-21(2,3)25-20(24)23-14-11-16(12-15-23)8-9-19-18-7-5-4-6-17(18)10-13-22-19/h4-7,10,13,16H,8-9,11-12,14-15H2,1-3H3. The molecule has 1 saturated heterocycles. The van der Waals surface area contributed by atoms with Gasteiger partial charge in [0.1, 0.15) is 5.60 Å². The number of likely N-dealkylation sites (tertiary alicyclic amines) is 1. The molecular weight excluding hydrogens is 312 g/mol. The van der Waals surface area contributed by atoms with Gasteiger partial charge >= 0.3 is 6.09 Å². The monoisotopic (exact) mass is 340 g/mol. The maximum absolute atomic E-state index is 12.1. The molecule has 0 N–H and O–H groups in total. The molecule has 0 spiro atoms. The van der Waals surface area contributed by atoms with Crippen molar-refractivity contribution in [1.29, 1.82) is 0 Å². The van der Waals surface area contributed by atoms with Gasteiger partial charge in [-0.25, -0.2) is 4.79 Å². The van der Waals surface area contributed by atoms with E-state index in [9.17, 15) is 4.79 Å². The molecule has 4 heteroatoms. The van der Waals surface area contributed by atoms with Crippen LogP contribution in [-0.2, 0) is 11.2 Å². The maximum atomic E-state index is 12.1. The third kappa shape index (κ3) is 4.71. The first-order chi connectivity index (χ1) is 11.9. The molecule has 1 amide bonds. The molecular formula is C21H28N2O2. The molecule has 0 atom stereocenters. The van der Waals surface area contributed by atoms with Crippen molar-refractivity contribution in [1.82, 2.24) is 9.88 Å². The van der Waals surface area contributed by atoms with Crippen molar-refractivity contribution in [2.75, 3.05) is 13.1 Å². The maximum Gasteiger partial charge on any atom is 0.410 e. The number of aryl methyl sites for hydroxylation is 1. The predicted molar refractivity (Wildman–Crippen MR) is 101 cm³/mol. The molecule has 0 radical (unpaired) electrons. The number of nitrogens with zero attached hydrogens (tertiary/aromatic N) is 2. The largest absolute Gasteiger partial charge is 0.444 e. The number of amides is 1. The van der Waals surface area contributed by atoms with Crippen molar-refractivity contribution >= 4 is 16.9 Å². The molecule has 0 bridgehead atoms. The van der Waals surface area contributed by atoms with Crippen LogP contribution in [0.5, 0.6) is 0 Å². The number of pyridine rings is 1. The molecule has 1 fully saturated rings. The Morgan fingerprint density at radius 3 is 2.64 bits per heavy atom. The molecule has 0 unspecified atom stereocenters. The number of hydrogen-bond donors (Lipinski definition) is 0. The lowest BCUT2D eigenvalue weighted by Crippen LogP contribution is -2.41. The van der Waals surface area contributed by atoms with Crippen molar-refractivity contribution in [2.24, 2.45) is 5.92 Å². The summed E-state index contributed by atoms with van der Waals surface area (Å²) < 4.78 is 5.47. The highest BCUT2D eigenvalue weighted by Crippen LogP contribution is 2.25. The number of fused-ring (bicyclic) bond motifs is 1. The van der Waals surface area contributed by atoms with E-state index in [0.717, 1.165) is 38.8 Å². The SMILES string of the molecule is CC(C)(C)OC(=O)N1CCC(CCc2nccc3ccccc23)CC1. The van der Waals surface area contributed by atoms with E-state index in [2.05, 4.69) is 35.3 Å². The Morgan fingerprint density at radius 2 is 1.92 bits per heavy atom. The first kappa shape index (κ1) is 17.7. The van der Waals surface area contributed by atoms with Gasteiger partial charge in [-0.1, -0.05) is 24.3 Å². The lowest BCUT2D eigenvalue weighted by Gasteiger charge is -2.33. The van der Waals surface area contributed by atoms with Crippen LogP contribution in [0.2, 0.25) is 0 Å². The first-order valence-corrected chi connectivity index (χ1v) is 9.23. The van der Waals surface area contributed by atoms with Gasteiger partial charge in [-0.3, -0.25) is 4.98 Å². The van der Waals surface area contributed by atoms with E-state index in [1.165, 1.54) is 16.5 Å². The number of rotatable bonds is 3. The van der Waals surface area contributed by atoms with Crippen LogP contribution >= 0.6 is 0 Å². The van der Waals surface area contributed by atoms with Gasteiger partial charge in [0.15, 0.2) is 0 Å². The number of benzene rings is 1. The third-order valence-corrected chi connectivity index (χ3v) is 4.81. The number of carbonyl (C=O) groups is 1. The molecule has 1 aliphatic heterocycles. The molecule has 3 rings (SSSR count). The van der Waals surface area contributed by atoms with Gasteiger partial charge in [-0.2, -0.15) is 0 Å². The van der Waals surface area contributed by atoms with Crippen LogP contribution in [0.4, 0.5) is 4.79 Å². The average Bonchev–Trinajstić information content (AvgIpc) is 2.59. The summed E-state index contributed by atoms with van der Waals surface area (Å²) in [6.45, 7) is 7.32. The van der Waals surface area contributed by atoms with E-state index in [-0.39, 0.29) is 6.09 Å². The predicted octanol–water partition coefficient (Wildman–Crippen LogP) is 4.81. The Labute approximate surface area is 150 Å². The second-order valence-electron chi connectivity index (χ2n) is 7.93. The molecule has 1 aliphatic rings. The minimum Gasteiger partial charge on any atom is -0.444 e. The van der Waals surface area contributed by atoms with Gasteiger partial charge < -0.3 is 9.64 Å². The molecule has 4 nitrogen and oxygen atoms in total. The van der Waals surface area contributed by atoms with Gasteiger partial charge in [0, 0.05) is 30.4 Å². The van der Waals surface area contributed by atoms with Gasteiger partial charge in [0.25, 0.3) is 0 Å². The summed E-state index contributed by atoms with van der Waals surface area (Å²) in [5.41, 5.74) is 0.765. The van der Waals surface area contributed by atoms with Crippen LogP contribution in [-0.4, -0.2) is 34.7 Å². The fourth-order valence-corrected chi connectivity index (χ4v) is 3.45. The molecule has 25 heavy (non-hydrogen) atoms. The second kappa shape index (κ2) is 7.42. The number of piperidine rings is 1. The van der Waals surface area contributed by atoms with Gasteiger partial charge in [0.05, 0.1) is 0 Å². The summed E-state index contributed by atoms with van der Waals surface area (Å²) in [5.74, 6) is 0.652. The zero-order valence-electron chi connectivity index (χ0n) is 15.5. The Kier molecular flexibility index (Phi) is 5.26. The summed E-state index contributed by atoms with van der Waals surface area (Å²) in [5, 5.41) is 2.52. The van der Waals surface area contributed by atoms with Gasteiger partial charge in [0.2, 0.25) is 0 Å². The minimum atomic E-state index is -0.423. The number of aromatic nitrogens is 1. The van der Waals surface area contributed by atoms with E-state index in [4.69, 9.17) is 4.74 Å². The highest BCUT2D eigenvalue weighted by Gasteiger charge is 2.26. The van der Waals surface area contributed by atoms with Crippen LogP contribution in [0.3, 0.4) is 0 Å². The molecule has 0 aliphatic carbocycles. The molecule has 134 valence electrons. The van der Waals surface area contributed by atoms with E-state index in [0.29, 0.717) is 5.92 Å². The summed E-state index contributed by atoms with van der Waals surface area (Å²) in [4.78, 5) is 18.6. The highest BCUT2D eigenvalue weighted by molar-refractivity contribution is 5.84. The number of ether oxygens (including phenoxy) is 1. The fourth-order valence-electron chi connectivity index (χ4n) is 3.45. The number of carbonyl (C=O) groups excluding carboxylic acids is 1. The quantitative estimate of drug-likeness (QED) is 0.805. The number of hydrogen-bond acceptors (Lipinski definition) is 3. The molecule has 1 aromatic heterocycles. The molecule has 1 aromatic carbocycles. The zero-order valence-corrected chi connectivity index (χ0v) is 15.5. The van der Waals surface area contributed by atoms with E-state index in [1.54, 1.807) is 0 Å². The Morgan fingerprint density at radius 1 is 1.20 bits per heavy atom. The Hall–Kier alpha value is -2.10. The summed E-state index contributed by atoms with van der Waals surface area (Å²) in [6.07, 6.45) is 5.94. The Bertz CT molecular complexity index is 723. The van der Waals surface area contributed by atoms with Crippen molar-refractivity contribution in [2.45, 2.75) is 52.1 Å². The van der Waals surface area contributed by atoms with Crippen LogP contribution in [0.15, 0.2) is 36.5 Å². The van der Waals surface area contributed by atoms with Crippen molar-refractivity contribution in [3.63, 3.8) is 0 Å². The minimum absolute atomic E-state index is 0.179. The van der Waals surface area contributed by atoms with Gasteiger partial charge in [-0.05, 0) is 63.8 Å². The summed E-state index contributed by atoms with van der Waals surface area (Å²) in [6, 6.07) is 10.5. The third-order valence-electron chi connectivity index (χ3n) is 4.81. The fraction of sp³-hybridized carbons (Fsp3) is 0.524. The lowest BCUT2D eigenvalue weighted by molar-refractivity contribution is 0.0181. The van der Waals surface area contributed by atoms with Crippen LogP contribution in [0, 0.1) is 5.92 Å². The van der Waals surface area contributed by atoms with Crippen molar-refractivity contribution < 1.29 is 9.53 Å². The topological polar surface area (TPSA) is 42.4 Å². The Balaban J connectivity index is 1.52. The van der Waals surface area contributed by atoms with Crippen molar-refractivity contribution in [3.8, 4) is 0 Å². The molecule has 0 saturated carbocycles. The van der Waals surface area contributed by atoms with Crippen LogP contribution in [0.1, 0.15) is 45.7 Å². The van der Waals surface area contributed by atoms with Crippen LogP contribution in [0.25, 0.3) is 10.8 Å². The summed E-state index contributed by atoms with van der Waals surface area (Å²) in [7, 11) is 0. The van der Waals surface area contributed by atoms with Gasteiger partial charge in [-0.15, -0.1) is 0 Å². The highest BCUT2D eigenvalue weighted by atomic mass is 16.6. The van der Waals surface area contributed by atoms with E-state index in [1.807, 2.05) is 31.9 Å². The van der Waals surface area contributed by atoms with E-state index >= 15 is 0 Å². The second-order valence-corrected chi connectivity index (χ2v) is 7.93. The van der Waals surface area contributed by atoms with Crippen LogP contribution < -0.4 is 0 Å². The lowest BCUT2D eigenvalue weighted by atomic mass is 9.91. The average molecular weight is 340 g/mol. The van der Waals surface area contributed by atoms with E-state index < -0.39 is 5.60 Å². The summed E-state index contributed by atoms with van der Waals surface area (Å²) >= 11 is 0.